The van der Waals surface area contributed by atoms with E-state index in [-0.39, 0.29) is 11.7 Å². The Bertz CT molecular complexity index is 376. The van der Waals surface area contributed by atoms with Gasteiger partial charge in [0.15, 0.2) is 0 Å². The Morgan fingerprint density at radius 1 is 1.32 bits per heavy atom. The maximum absolute atomic E-state index is 11.7. The number of hydrogen-bond acceptors (Lipinski definition) is 3. The number of carbonyl (C=O) groups excluding carboxylic acids is 1. The van der Waals surface area contributed by atoms with Crippen LogP contribution in [0, 0.1) is 5.92 Å². The van der Waals surface area contributed by atoms with Crippen LogP contribution in [0.25, 0.3) is 0 Å². The molecular weight excluding hydrogens is 240 g/mol. The average Bonchev–Trinajstić information content (AvgIpc) is 2.42. The highest BCUT2D eigenvalue weighted by Crippen LogP contribution is 2.14. The van der Waals surface area contributed by atoms with Gasteiger partial charge in [-0.3, -0.25) is 4.79 Å². The first-order valence-corrected chi connectivity index (χ1v) is 6.90. The maximum atomic E-state index is 11.7. The highest BCUT2D eigenvalue weighted by molar-refractivity contribution is 5.75. The number of phenolic OH excluding ortho intramolecular Hbond substituents is 1. The number of hydrogen-bond donors (Lipinski definition) is 3. The third-order valence-corrected chi connectivity index (χ3v) is 3.36. The molecule has 1 atom stereocenters. The van der Waals surface area contributed by atoms with Crippen molar-refractivity contribution in [3.8, 4) is 5.75 Å². The lowest BCUT2D eigenvalue weighted by Gasteiger charge is -2.13. The van der Waals surface area contributed by atoms with E-state index in [0.717, 1.165) is 24.8 Å². The van der Waals surface area contributed by atoms with Crippen LogP contribution in [-0.2, 0) is 11.3 Å². The molecule has 0 saturated heterocycles. The van der Waals surface area contributed by atoms with E-state index in [1.54, 1.807) is 24.3 Å². The molecule has 4 N–H and O–H groups in total. The van der Waals surface area contributed by atoms with Crippen molar-refractivity contribution >= 4 is 5.91 Å². The van der Waals surface area contributed by atoms with E-state index in [1.165, 1.54) is 0 Å². The molecule has 4 nitrogen and oxygen atoms in total. The zero-order valence-electron chi connectivity index (χ0n) is 11.6. The van der Waals surface area contributed by atoms with Gasteiger partial charge in [-0.2, -0.15) is 0 Å². The number of rotatable bonds is 8. The first-order chi connectivity index (χ1) is 9.15. The van der Waals surface area contributed by atoms with Crippen LogP contribution >= 0.6 is 0 Å². The normalized spacial score (nSPS) is 12.1. The lowest BCUT2D eigenvalue weighted by atomic mass is 9.96. The van der Waals surface area contributed by atoms with Crippen LogP contribution in [0.15, 0.2) is 24.3 Å². The van der Waals surface area contributed by atoms with Crippen molar-refractivity contribution in [3.05, 3.63) is 29.8 Å². The Kier molecular flexibility index (Phi) is 6.97. The quantitative estimate of drug-likeness (QED) is 0.673. The summed E-state index contributed by atoms with van der Waals surface area (Å²) in [5.74, 6) is 0.857. The van der Waals surface area contributed by atoms with Crippen molar-refractivity contribution in [2.75, 3.05) is 6.54 Å². The summed E-state index contributed by atoms with van der Waals surface area (Å²) in [7, 11) is 0. The van der Waals surface area contributed by atoms with E-state index in [1.807, 2.05) is 0 Å². The van der Waals surface area contributed by atoms with Crippen LogP contribution in [0.1, 0.15) is 38.2 Å². The summed E-state index contributed by atoms with van der Waals surface area (Å²) >= 11 is 0. The van der Waals surface area contributed by atoms with Crippen LogP contribution in [-0.4, -0.2) is 17.6 Å². The standard InChI is InChI=1S/C15H24N2O2/c1-2-12(9-10-16)5-8-15(19)17-11-13-3-6-14(18)7-4-13/h3-4,6-7,12,18H,2,5,8-11,16H2,1H3,(H,17,19). The van der Waals surface area contributed by atoms with E-state index in [0.29, 0.717) is 25.4 Å². The minimum Gasteiger partial charge on any atom is -0.508 e. The van der Waals surface area contributed by atoms with Crippen molar-refractivity contribution in [2.24, 2.45) is 11.7 Å². The van der Waals surface area contributed by atoms with Gasteiger partial charge in [-0.15, -0.1) is 0 Å². The monoisotopic (exact) mass is 264 g/mol. The zero-order valence-corrected chi connectivity index (χ0v) is 11.6. The maximum Gasteiger partial charge on any atom is 0.220 e. The molecule has 1 rings (SSSR count). The Balaban J connectivity index is 2.25. The highest BCUT2D eigenvalue weighted by atomic mass is 16.3. The molecule has 0 aromatic heterocycles. The fourth-order valence-electron chi connectivity index (χ4n) is 2.03. The largest absolute Gasteiger partial charge is 0.508 e. The molecule has 0 heterocycles. The van der Waals surface area contributed by atoms with Crippen LogP contribution in [0.2, 0.25) is 0 Å². The lowest BCUT2D eigenvalue weighted by Crippen LogP contribution is -2.23. The second kappa shape index (κ2) is 8.53. The van der Waals surface area contributed by atoms with E-state index >= 15 is 0 Å². The molecular formula is C15H24N2O2. The molecule has 4 heteroatoms. The number of benzene rings is 1. The number of carbonyl (C=O) groups is 1. The fourth-order valence-corrected chi connectivity index (χ4v) is 2.03. The number of phenols is 1. The SMILES string of the molecule is CCC(CCN)CCC(=O)NCc1ccc(O)cc1. The van der Waals surface area contributed by atoms with Gasteiger partial charge in [0.1, 0.15) is 5.75 Å². The van der Waals surface area contributed by atoms with Gasteiger partial charge in [-0.25, -0.2) is 0 Å². The Hall–Kier alpha value is -1.55. The fraction of sp³-hybridized carbons (Fsp3) is 0.533. The summed E-state index contributed by atoms with van der Waals surface area (Å²) < 4.78 is 0. The van der Waals surface area contributed by atoms with Crippen molar-refractivity contribution < 1.29 is 9.90 Å². The van der Waals surface area contributed by atoms with E-state index < -0.39 is 0 Å². The third-order valence-electron chi connectivity index (χ3n) is 3.36. The molecule has 0 aliphatic rings. The van der Waals surface area contributed by atoms with Gasteiger partial charge in [0.05, 0.1) is 0 Å². The van der Waals surface area contributed by atoms with Gasteiger partial charge >= 0.3 is 0 Å². The minimum absolute atomic E-state index is 0.0727. The minimum atomic E-state index is 0.0727. The predicted octanol–water partition coefficient (Wildman–Crippen LogP) is 2.16. The molecule has 0 spiro atoms. The molecule has 1 aromatic rings. The topological polar surface area (TPSA) is 75.4 Å². The number of nitrogens with two attached hydrogens (primary N) is 1. The van der Waals surface area contributed by atoms with E-state index in [2.05, 4.69) is 12.2 Å². The summed E-state index contributed by atoms with van der Waals surface area (Å²) in [5, 5.41) is 12.0. The van der Waals surface area contributed by atoms with Crippen LogP contribution in [0.3, 0.4) is 0 Å². The molecule has 0 bridgehead atoms. The van der Waals surface area contributed by atoms with Gasteiger partial charge in [-0.1, -0.05) is 25.5 Å². The second-order valence-electron chi connectivity index (χ2n) is 4.83. The molecule has 1 unspecified atom stereocenters. The summed E-state index contributed by atoms with van der Waals surface area (Å²) in [4.78, 5) is 11.7. The Morgan fingerprint density at radius 2 is 2.00 bits per heavy atom. The Morgan fingerprint density at radius 3 is 2.58 bits per heavy atom. The number of aromatic hydroxyl groups is 1. The van der Waals surface area contributed by atoms with Crippen molar-refractivity contribution in [1.82, 2.24) is 5.32 Å². The molecule has 19 heavy (non-hydrogen) atoms. The zero-order chi connectivity index (χ0) is 14.1. The summed E-state index contributed by atoms with van der Waals surface area (Å²) in [6.45, 7) is 3.33. The molecule has 0 saturated carbocycles. The molecule has 0 fully saturated rings. The van der Waals surface area contributed by atoms with E-state index in [4.69, 9.17) is 10.8 Å². The molecule has 0 radical (unpaired) electrons. The van der Waals surface area contributed by atoms with Gasteiger partial charge < -0.3 is 16.2 Å². The Labute approximate surface area is 115 Å². The molecule has 1 amide bonds. The van der Waals surface area contributed by atoms with Crippen molar-refractivity contribution in [2.45, 2.75) is 39.2 Å². The molecule has 1 aromatic carbocycles. The average molecular weight is 264 g/mol. The third kappa shape index (κ3) is 6.25. The lowest BCUT2D eigenvalue weighted by molar-refractivity contribution is -0.121. The van der Waals surface area contributed by atoms with Gasteiger partial charge in [-0.05, 0) is 43.0 Å². The summed E-state index contributed by atoms with van der Waals surface area (Å²) in [6, 6.07) is 6.85. The van der Waals surface area contributed by atoms with Crippen LogP contribution in [0.5, 0.6) is 5.75 Å². The smallest absolute Gasteiger partial charge is 0.220 e. The first kappa shape index (κ1) is 15.5. The van der Waals surface area contributed by atoms with E-state index in [9.17, 15) is 4.79 Å². The van der Waals surface area contributed by atoms with Crippen molar-refractivity contribution in [3.63, 3.8) is 0 Å². The molecule has 0 aliphatic carbocycles. The van der Waals surface area contributed by atoms with Crippen LogP contribution < -0.4 is 11.1 Å². The van der Waals surface area contributed by atoms with Crippen molar-refractivity contribution in [1.29, 1.82) is 0 Å². The molecule has 0 aliphatic heterocycles. The predicted molar refractivity (Wildman–Crippen MR) is 76.6 cm³/mol. The summed E-state index contributed by atoms with van der Waals surface area (Å²) in [6.07, 6.45) is 3.51. The van der Waals surface area contributed by atoms with Gasteiger partial charge in [0.2, 0.25) is 5.91 Å². The van der Waals surface area contributed by atoms with Gasteiger partial charge in [0, 0.05) is 13.0 Å². The summed E-state index contributed by atoms with van der Waals surface area (Å²) in [5.41, 5.74) is 6.52. The highest BCUT2D eigenvalue weighted by Gasteiger charge is 2.08. The number of amides is 1. The van der Waals surface area contributed by atoms with Crippen LogP contribution in [0.4, 0.5) is 0 Å². The van der Waals surface area contributed by atoms with Gasteiger partial charge in [0.25, 0.3) is 0 Å². The number of nitrogens with one attached hydrogen (secondary N) is 1. The molecule has 106 valence electrons. The second-order valence-corrected chi connectivity index (χ2v) is 4.83. The first-order valence-electron chi connectivity index (χ1n) is 6.90.